The number of rotatable bonds is 6. The first-order valence-corrected chi connectivity index (χ1v) is 11.3. The van der Waals surface area contributed by atoms with Crippen molar-refractivity contribution in [3.05, 3.63) is 65.7 Å². The van der Waals surface area contributed by atoms with Crippen molar-refractivity contribution in [2.24, 2.45) is 0 Å². The smallest absolute Gasteiger partial charge is 0.491 e. The van der Waals surface area contributed by atoms with Crippen molar-refractivity contribution in [2.45, 2.75) is 26.3 Å². The fraction of sp³-hybridized carbons (Fsp3) is 0.160. The summed E-state index contributed by atoms with van der Waals surface area (Å²) in [5.74, 6) is 0.713. The van der Waals surface area contributed by atoms with Gasteiger partial charge in [-0.15, -0.1) is 23.4 Å². The van der Waals surface area contributed by atoms with E-state index in [1.807, 2.05) is 50.2 Å². The Morgan fingerprint density at radius 1 is 0.889 bits per heavy atom. The largest absolute Gasteiger partial charge is 0.573 e. The average molecular weight is 514 g/mol. The number of nitrogens with one attached hydrogen (secondary N) is 2. The van der Waals surface area contributed by atoms with E-state index in [4.69, 9.17) is 16.3 Å². The fourth-order valence-electron chi connectivity index (χ4n) is 4.02. The monoisotopic (exact) mass is 513 g/mol. The maximum absolute atomic E-state index is 12.6. The zero-order chi connectivity index (χ0) is 25.4. The Bertz CT molecular complexity index is 1500. The number of tetrazole rings is 1. The number of H-pyrrole nitrogens is 2. The Kier molecular flexibility index (Phi) is 6.05. The van der Waals surface area contributed by atoms with Crippen LogP contribution in [0.3, 0.4) is 0 Å². The second-order valence-electron chi connectivity index (χ2n) is 8.22. The molecule has 5 rings (SSSR count). The lowest BCUT2D eigenvalue weighted by Crippen LogP contribution is -2.16. The summed E-state index contributed by atoms with van der Waals surface area (Å²) in [6.45, 7) is 3.88. The highest BCUT2D eigenvalue weighted by Gasteiger charge is 2.31. The van der Waals surface area contributed by atoms with Crippen LogP contribution in [0.15, 0.2) is 60.7 Å². The van der Waals surface area contributed by atoms with E-state index in [1.54, 1.807) is 12.1 Å². The van der Waals surface area contributed by atoms with Gasteiger partial charge in [0.05, 0.1) is 11.1 Å². The summed E-state index contributed by atoms with van der Waals surface area (Å²) in [6, 6.07) is 17.0. The van der Waals surface area contributed by atoms with Crippen LogP contribution in [-0.4, -0.2) is 38.1 Å². The van der Waals surface area contributed by atoms with Gasteiger partial charge in [0.15, 0.2) is 0 Å². The number of hydrogen-bond donors (Lipinski definition) is 2. The lowest BCUT2D eigenvalue weighted by molar-refractivity contribution is -0.274. The zero-order valence-electron chi connectivity index (χ0n) is 19.0. The molecule has 3 aromatic carbocycles. The van der Waals surface area contributed by atoms with Crippen LogP contribution in [0.1, 0.15) is 13.8 Å². The van der Waals surface area contributed by atoms with Crippen molar-refractivity contribution in [1.82, 2.24) is 25.6 Å². The van der Waals surface area contributed by atoms with Gasteiger partial charge in [-0.05, 0) is 66.1 Å². The lowest BCUT2D eigenvalue weighted by atomic mass is 9.91. The molecular weight excluding hydrogens is 495 g/mol. The summed E-state index contributed by atoms with van der Waals surface area (Å²) >= 11 is 6.84. The summed E-state index contributed by atoms with van der Waals surface area (Å²) < 4.78 is 47.7. The summed E-state index contributed by atoms with van der Waals surface area (Å²) in [5.41, 5.74) is 4.29. The highest BCUT2D eigenvalue weighted by Crippen LogP contribution is 2.44. The summed E-state index contributed by atoms with van der Waals surface area (Å²) in [6.07, 6.45) is -4.75. The van der Waals surface area contributed by atoms with Crippen LogP contribution in [0.5, 0.6) is 11.5 Å². The van der Waals surface area contributed by atoms with Crippen LogP contribution in [0.25, 0.3) is 44.7 Å². The first kappa shape index (κ1) is 23.7. The van der Waals surface area contributed by atoms with E-state index < -0.39 is 6.36 Å². The maximum atomic E-state index is 12.6. The highest BCUT2D eigenvalue weighted by molar-refractivity contribution is 6.39. The van der Waals surface area contributed by atoms with Gasteiger partial charge in [-0.3, -0.25) is 0 Å². The van der Waals surface area contributed by atoms with E-state index >= 15 is 0 Å². The summed E-state index contributed by atoms with van der Waals surface area (Å²) in [5, 5.41) is 15.2. The van der Waals surface area contributed by atoms with Gasteiger partial charge in [-0.1, -0.05) is 41.9 Å². The van der Waals surface area contributed by atoms with Gasteiger partial charge in [-0.25, -0.2) is 0 Å². The minimum atomic E-state index is -4.77. The molecule has 2 N–H and O–H groups in total. The Hall–Kier alpha value is -4.05. The quantitative estimate of drug-likeness (QED) is 0.255. The third kappa shape index (κ3) is 4.72. The zero-order valence-corrected chi connectivity index (χ0v) is 19.8. The molecule has 7 nitrogen and oxygen atoms in total. The summed E-state index contributed by atoms with van der Waals surface area (Å²) in [4.78, 5) is 3.24. The van der Waals surface area contributed by atoms with Crippen molar-refractivity contribution in [2.75, 3.05) is 0 Å². The third-order valence-corrected chi connectivity index (χ3v) is 5.76. The molecule has 0 aliphatic heterocycles. The molecule has 2 heterocycles. The predicted molar refractivity (Wildman–Crippen MR) is 130 cm³/mol. The molecule has 0 fully saturated rings. The van der Waals surface area contributed by atoms with Crippen molar-refractivity contribution < 1.29 is 22.6 Å². The maximum Gasteiger partial charge on any atom is 0.573 e. The minimum absolute atomic E-state index is 0.0175. The average Bonchev–Trinajstić information content (AvgIpc) is 3.46. The number of fused-ring (bicyclic) bond motifs is 1. The van der Waals surface area contributed by atoms with E-state index in [9.17, 15) is 13.2 Å². The normalized spacial score (nSPS) is 11.9. The summed E-state index contributed by atoms with van der Waals surface area (Å²) in [7, 11) is 0. The second-order valence-corrected chi connectivity index (χ2v) is 8.60. The number of ether oxygens (including phenoxy) is 2. The van der Waals surface area contributed by atoms with Crippen LogP contribution in [-0.2, 0) is 0 Å². The van der Waals surface area contributed by atoms with Crippen LogP contribution >= 0.6 is 11.6 Å². The molecule has 0 spiro atoms. The molecule has 36 heavy (non-hydrogen) atoms. The number of halogens is 4. The number of benzene rings is 3. The molecule has 2 aromatic heterocycles. The molecule has 0 bridgehead atoms. The topological polar surface area (TPSA) is 88.7 Å². The van der Waals surface area contributed by atoms with E-state index in [0.717, 1.165) is 22.2 Å². The number of hydrogen-bond acceptors (Lipinski definition) is 5. The second kappa shape index (κ2) is 9.19. The first-order chi connectivity index (χ1) is 17.2. The Balaban J connectivity index is 1.69. The Morgan fingerprint density at radius 3 is 2.17 bits per heavy atom. The first-order valence-electron chi connectivity index (χ1n) is 10.9. The number of nitrogens with zero attached hydrogens (tertiary/aromatic N) is 3. The SMILES string of the molecule is CC(C)Oc1ccc(-c2c(-c3ccc(OC(F)(F)F)cc3)ccc3[nH]c(-c4nn[nH]n4)c(Cl)c23)cc1. The molecule has 5 aromatic rings. The van der Waals surface area contributed by atoms with Crippen LogP contribution in [0.4, 0.5) is 13.2 Å². The van der Waals surface area contributed by atoms with Gasteiger partial charge in [0, 0.05) is 16.5 Å². The van der Waals surface area contributed by atoms with Crippen LogP contribution < -0.4 is 9.47 Å². The van der Waals surface area contributed by atoms with Crippen molar-refractivity contribution in [3.8, 4) is 45.3 Å². The van der Waals surface area contributed by atoms with Crippen LogP contribution in [0.2, 0.25) is 5.02 Å². The number of alkyl halides is 3. The van der Waals surface area contributed by atoms with Crippen LogP contribution in [0, 0.1) is 0 Å². The molecule has 0 radical (unpaired) electrons. The van der Waals surface area contributed by atoms with Crippen molar-refractivity contribution >= 4 is 22.5 Å². The highest BCUT2D eigenvalue weighted by atomic mass is 35.5. The fourth-order valence-corrected chi connectivity index (χ4v) is 4.35. The number of aromatic nitrogens is 5. The molecule has 0 atom stereocenters. The van der Waals surface area contributed by atoms with Gasteiger partial charge in [0.1, 0.15) is 17.2 Å². The van der Waals surface area contributed by atoms with E-state index in [-0.39, 0.29) is 11.9 Å². The Labute approximate surface area is 208 Å². The molecular formula is C25H19ClF3N5O2. The van der Waals surface area contributed by atoms with Crippen molar-refractivity contribution in [1.29, 1.82) is 0 Å². The predicted octanol–water partition coefficient (Wildman–Crippen LogP) is 7.02. The van der Waals surface area contributed by atoms with E-state index in [1.165, 1.54) is 12.1 Å². The van der Waals surface area contributed by atoms with Gasteiger partial charge in [0.25, 0.3) is 0 Å². The molecule has 0 amide bonds. The lowest BCUT2D eigenvalue weighted by Gasteiger charge is -2.15. The van der Waals surface area contributed by atoms with E-state index in [2.05, 4.69) is 30.3 Å². The van der Waals surface area contributed by atoms with Gasteiger partial charge in [-0.2, -0.15) is 5.21 Å². The number of aromatic amines is 2. The van der Waals surface area contributed by atoms with Gasteiger partial charge >= 0.3 is 6.36 Å². The molecule has 0 aliphatic carbocycles. The third-order valence-electron chi connectivity index (χ3n) is 5.39. The molecule has 184 valence electrons. The molecule has 0 unspecified atom stereocenters. The molecule has 0 aliphatic rings. The molecule has 0 saturated carbocycles. The standard InChI is InChI=1S/C25H19ClF3N5O2/c1-13(2)35-16-7-5-15(6-8-16)20-18(14-3-9-17(10-4-14)36-25(27,28)29)11-12-19-21(20)22(26)23(30-19)24-31-33-34-32-24/h3-13,30H,1-2H3,(H,31,32,33,34). The van der Waals surface area contributed by atoms with Gasteiger partial charge in [0.2, 0.25) is 5.82 Å². The van der Waals surface area contributed by atoms with E-state index in [0.29, 0.717) is 33.2 Å². The molecule has 11 heteroatoms. The molecule has 0 saturated heterocycles. The van der Waals surface area contributed by atoms with Crippen molar-refractivity contribution in [3.63, 3.8) is 0 Å². The Morgan fingerprint density at radius 2 is 1.56 bits per heavy atom. The van der Waals surface area contributed by atoms with Gasteiger partial charge < -0.3 is 14.5 Å². The minimum Gasteiger partial charge on any atom is -0.491 e.